The highest BCUT2D eigenvalue weighted by Crippen LogP contribution is 2.22. The molecule has 0 aromatic rings. The van der Waals surface area contributed by atoms with Crippen LogP contribution in [0, 0.1) is 0 Å². The fourth-order valence-electron chi connectivity index (χ4n) is 2.27. The van der Waals surface area contributed by atoms with E-state index in [9.17, 15) is 0 Å². The minimum atomic E-state index is 0.171. The fraction of sp³-hybridized carbons (Fsp3) is 1.00. The van der Waals surface area contributed by atoms with Crippen LogP contribution in [0.3, 0.4) is 0 Å². The lowest BCUT2D eigenvalue weighted by atomic mass is 9.90. The zero-order valence-corrected chi connectivity index (χ0v) is 11.6. The van der Waals surface area contributed by atoms with Gasteiger partial charge in [-0.2, -0.15) is 0 Å². The highest BCUT2D eigenvalue weighted by atomic mass is 16.5. The second kappa shape index (κ2) is 8.97. The first-order valence-corrected chi connectivity index (χ1v) is 6.73. The summed E-state index contributed by atoms with van der Waals surface area (Å²) in [7, 11) is 0. The Kier molecular flexibility index (Phi) is 8.90. The molecule has 0 rings (SSSR count). The van der Waals surface area contributed by atoms with Crippen molar-refractivity contribution in [3.8, 4) is 0 Å². The standard InChI is InChI=1S/C13H30N2O/c1-5-10-16-11-9-15(8-4)13(6-2,7-3)12-14/h5-12,14H2,1-4H3. The number of likely N-dealkylation sites (N-methyl/N-ethyl adjacent to an activating group) is 1. The summed E-state index contributed by atoms with van der Waals surface area (Å²) in [6.45, 7) is 13.3. The van der Waals surface area contributed by atoms with Gasteiger partial charge >= 0.3 is 0 Å². The largest absolute Gasteiger partial charge is 0.380 e. The van der Waals surface area contributed by atoms with Gasteiger partial charge in [-0.15, -0.1) is 0 Å². The van der Waals surface area contributed by atoms with Crippen LogP contribution in [0.15, 0.2) is 0 Å². The van der Waals surface area contributed by atoms with Gasteiger partial charge in [-0.05, 0) is 25.8 Å². The van der Waals surface area contributed by atoms with Gasteiger partial charge in [0.2, 0.25) is 0 Å². The Morgan fingerprint density at radius 2 is 1.69 bits per heavy atom. The number of rotatable bonds is 10. The molecule has 0 atom stereocenters. The molecule has 0 saturated carbocycles. The zero-order chi connectivity index (χ0) is 12.4. The van der Waals surface area contributed by atoms with Crippen molar-refractivity contribution in [1.29, 1.82) is 0 Å². The van der Waals surface area contributed by atoms with Crippen LogP contribution in [0.1, 0.15) is 47.0 Å². The third-order valence-electron chi connectivity index (χ3n) is 3.60. The maximum absolute atomic E-state index is 5.95. The van der Waals surface area contributed by atoms with Crippen LogP contribution in [-0.4, -0.2) is 43.3 Å². The smallest absolute Gasteiger partial charge is 0.0593 e. The first-order chi connectivity index (χ1) is 7.70. The SMILES string of the molecule is CCCOCCN(CC)C(CC)(CC)CN. The van der Waals surface area contributed by atoms with E-state index in [1.54, 1.807) is 0 Å². The minimum absolute atomic E-state index is 0.171. The van der Waals surface area contributed by atoms with Crippen LogP contribution in [0.5, 0.6) is 0 Å². The van der Waals surface area contributed by atoms with Crippen molar-refractivity contribution in [1.82, 2.24) is 4.90 Å². The highest BCUT2D eigenvalue weighted by Gasteiger charge is 2.30. The van der Waals surface area contributed by atoms with Crippen LogP contribution in [-0.2, 0) is 4.74 Å². The molecule has 0 saturated heterocycles. The van der Waals surface area contributed by atoms with Gasteiger partial charge in [-0.1, -0.05) is 27.7 Å². The third-order valence-corrected chi connectivity index (χ3v) is 3.60. The Hall–Kier alpha value is -0.120. The van der Waals surface area contributed by atoms with Crippen molar-refractivity contribution in [2.45, 2.75) is 52.5 Å². The Morgan fingerprint density at radius 3 is 2.06 bits per heavy atom. The minimum Gasteiger partial charge on any atom is -0.380 e. The summed E-state index contributed by atoms with van der Waals surface area (Å²) in [4.78, 5) is 2.47. The van der Waals surface area contributed by atoms with Gasteiger partial charge < -0.3 is 10.5 Å². The predicted molar refractivity (Wildman–Crippen MR) is 70.7 cm³/mol. The second-order valence-corrected chi connectivity index (χ2v) is 4.33. The van der Waals surface area contributed by atoms with E-state index in [2.05, 4.69) is 32.6 Å². The quantitative estimate of drug-likeness (QED) is 0.585. The number of nitrogens with zero attached hydrogens (tertiary/aromatic N) is 1. The van der Waals surface area contributed by atoms with Crippen molar-refractivity contribution in [3.05, 3.63) is 0 Å². The van der Waals surface area contributed by atoms with Gasteiger partial charge in [0.1, 0.15) is 0 Å². The van der Waals surface area contributed by atoms with Crippen LogP contribution in [0.2, 0.25) is 0 Å². The molecule has 0 radical (unpaired) electrons. The molecule has 0 aromatic heterocycles. The van der Waals surface area contributed by atoms with E-state index in [1.807, 2.05) is 0 Å². The van der Waals surface area contributed by atoms with E-state index in [0.717, 1.165) is 52.1 Å². The molecule has 0 bridgehead atoms. The fourth-order valence-corrected chi connectivity index (χ4v) is 2.27. The summed E-state index contributed by atoms with van der Waals surface area (Å²) < 4.78 is 5.56. The molecular weight excluding hydrogens is 200 g/mol. The van der Waals surface area contributed by atoms with Gasteiger partial charge in [0.15, 0.2) is 0 Å². The lowest BCUT2D eigenvalue weighted by Gasteiger charge is -2.42. The molecule has 0 amide bonds. The topological polar surface area (TPSA) is 38.5 Å². The normalized spacial score (nSPS) is 12.4. The summed E-state index contributed by atoms with van der Waals surface area (Å²) in [6, 6.07) is 0. The number of hydrogen-bond donors (Lipinski definition) is 1. The van der Waals surface area contributed by atoms with Gasteiger partial charge in [0.05, 0.1) is 6.61 Å². The van der Waals surface area contributed by atoms with Crippen molar-refractivity contribution in [2.75, 3.05) is 32.8 Å². The Labute approximate surface area is 101 Å². The molecular formula is C13H30N2O. The van der Waals surface area contributed by atoms with Crippen molar-refractivity contribution >= 4 is 0 Å². The molecule has 0 heterocycles. The number of nitrogens with two attached hydrogens (primary N) is 1. The summed E-state index contributed by atoms with van der Waals surface area (Å²) in [5.74, 6) is 0. The van der Waals surface area contributed by atoms with Gasteiger partial charge in [0.25, 0.3) is 0 Å². The van der Waals surface area contributed by atoms with E-state index in [1.165, 1.54) is 0 Å². The monoisotopic (exact) mass is 230 g/mol. The highest BCUT2D eigenvalue weighted by molar-refractivity contribution is 4.88. The molecule has 0 unspecified atom stereocenters. The summed E-state index contributed by atoms with van der Waals surface area (Å²) in [5, 5.41) is 0. The molecule has 3 nitrogen and oxygen atoms in total. The van der Waals surface area contributed by atoms with Gasteiger partial charge in [-0.3, -0.25) is 4.90 Å². The lowest BCUT2D eigenvalue weighted by molar-refractivity contribution is 0.0435. The first-order valence-electron chi connectivity index (χ1n) is 6.73. The first kappa shape index (κ1) is 15.9. The van der Waals surface area contributed by atoms with Crippen molar-refractivity contribution < 1.29 is 4.74 Å². The number of hydrogen-bond acceptors (Lipinski definition) is 3. The number of ether oxygens (including phenoxy) is 1. The molecule has 0 aliphatic heterocycles. The van der Waals surface area contributed by atoms with Crippen LogP contribution < -0.4 is 5.73 Å². The van der Waals surface area contributed by atoms with E-state index in [4.69, 9.17) is 10.5 Å². The third kappa shape index (κ3) is 4.40. The van der Waals surface area contributed by atoms with Crippen LogP contribution in [0.4, 0.5) is 0 Å². The molecule has 0 aliphatic rings. The Bertz CT molecular complexity index is 150. The van der Waals surface area contributed by atoms with E-state index in [-0.39, 0.29) is 5.54 Å². The molecule has 16 heavy (non-hydrogen) atoms. The van der Waals surface area contributed by atoms with Gasteiger partial charge in [-0.25, -0.2) is 0 Å². The predicted octanol–water partition coefficient (Wildman–Crippen LogP) is 2.25. The lowest BCUT2D eigenvalue weighted by Crippen LogP contribution is -2.54. The van der Waals surface area contributed by atoms with Crippen LogP contribution >= 0.6 is 0 Å². The molecule has 98 valence electrons. The molecule has 2 N–H and O–H groups in total. The average Bonchev–Trinajstić information content (AvgIpc) is 2.34. The average molecular weight is 230 g/mol. The summed E-state index contributed by atoms with van der Waals surface area (Å²) in [6.07, 6.45) is 3.32. The second-order valence-electron chi connectivity index (χ2n) is 4.33. The summed E-state index contributed by atoms with van der Waals surface area (Å²) in [5.41, 5.74) is 6.12. The molecule has 0 aliphatic carbocycles. The van der Waals surface area contributed by atoms with E-state index < -0.39 is 0 Å². The van der Waals surface area contributed by atoms with E-state index in [0.29, 0.717) is 0 Å². The van der Waals surface area contributed by atoms with Crippen molar-refractivity contribution in [3.63, 3.8) is 0 Å². The van der Waals surface area contributed by atoms with Crippen molar-refractivity contribution in [2.24, 2.45) is 5.73 Å². The van der Waals surface area contributed by atoms with Gasteiger partial charge in [0, 0.05) is 25.2 Å². The Balaban J connectivity index is 4.21. The summed E-state index contributed by atoms with van der Waals surface area (Å²) >= 11 is 0. The van der Waals surface area contributed by atoms with E-state index >= 15 is 0 Å². The molecule has 3 heteroatoms. The maximum atomic E-state index is 5.95. The zero-order valence-electron chi connectivity index (χ0n) is 11.6. The molecule has 0 aromatic carbocycles. The Morgan fingerprint density at radius 1 is 1.06 bits per heavy atom. The molecule has 0 spiro atoms. The maximum Gasteiger partial charge on any atom is 0.0593 e. The van der Waals surface area contributed by atoms with Crippen LogP contribution in [0.25, 0.3) is 0 Å². The molecule has 0 fully saturated rings.